The lowest BCUT2D eigenvalue weighted by atomic mass is 10.2. The average molecular weight is 370 g/mol. The Bertz CT molecular complexity index is 497. The second-order valence-electron chi connectivity index (χ2n) is 5.08. The van der Waals surface area contributed by atoms with Crippen LogP contribution >= 0.6 is 47.4 Å². The first-order valence-corrected chi connectivity index (χ1v) is 8.26. The van der Waals surface area contributed by atoms with E-state index in [0.29, 0.717) is 22.5 Å². The van der Waals surface area contributed by atoms with Crippen LogP contribution in [0.3, 0.4) is 0 Å². The molecule has 3 nitrogen and oxygen atoms in total. The predicted octanol–water partition coefficient (Wildman–Crippen LogP) is 3.75. The van der Waals surface area contributed by atoms with Crippen LogP contribution in [0.5, 0.6) is 0 Å². The molecule has 0 radical (unpaired) electrons. The molecule has 0 aromatic heterocycles. The number of nitrogens with two attached hydrogens (primary N) is 1. The van der Waals surface area contributed by atoms with Gasteiger partial charge in [0.1, 0.15) is 0 Å². The summed E-state index contributed by atoms with van der Waals surface area (Å²) in [4.78, 5) is 12.8. The van der Waals surface area contributed by atoms with Gasteiger partial charge in [0.05, 0.1) is 10.3 Å². The number of halogens is 3. The highest BCUT2D eigenvalue weighted by Gasteiger charge is 2.28. The lowest BCUT2D eigenvalue weighted by molar-refractivity contribution is -0.120. The molecule has 118 valence electrons. The number of amides is 1. The van der Waals surface area contributed by atoms with Crippen LogP contribution in [0, 0.1) is 5.92 Å². The molecule has 1 fully saturated rings. The molecule has 0 spiro atoms. The molecule has 1 aliphatic carbocycles. The van der Waals surface area contributed by atoms with Crippen molar-refractivity contribution in [3.05, 3.63) is 28.2 Å². The topological polar surface area (TPSA) is 55.1 Å². The van der Waals surface area contributed by atoms with E-state index in [1.54, 1.807) is 18.2 Å². The highest BCUT2D eigenvalue weighted by Crippen LogP contribution is 2.33. The van der Waals surface area contributed by atoms with Gasteiger partial charge in [-0.25, -0.2) is 0 Å². The minimum Gasteiger partial charge on any atom is -0.354 e. The summed E-state index contributed by atoms with van der Waals surface area (Å²) >= 11 is 13.4. The Hall–Kier alpha value is -0.130. The van der Waals surface area contributed by atoms with Crippen LogP contribution < -0.4 is 11.1 Å². The molecule has 0 aliphatic heterocycles. The summed E-state index contributed by atoms with van der Waals surface area (Å²) in [6.07, 6.45) is 2.36. The van der Waals surface area contributed by atoms with Crippen molar-refractivity contribution in [1.29, 1.82) is 0 Å². The van der Waals surface area contributed by atoms with Gasteiger partial charge in [-0.05, 0) is 43.9 Å². The Balaban J connectivity index is 0.00000220. The molecule has 2 rings (SSSR count). The van der Waals surface area contributed by atoms with Crippen LogP contribution in [0.25, 0.3) is 0 Å². The highest BCUT2D eigenvalue weighted by molar-refractivity contribution is 8.00. The van der Waals surface area contributed by atoms with Crippen molar-refractivity contribution in [3.63, 3.8) is 0 Å². The second-order valence-corrected chi connectivity index (χ2v) is 7.31. The van der Waals surface area contributed by atoms with E-state index in [1.165, 1.54) is 24.6 Å². The zero-order valence-electron chi connectivity index (χ0n) is 11.6. The fourth-order valence-corrected chi connectivity index (χ4v) is 3.30. The number of hydrogen-bond acceptors (Lipinski definition) is 3. The van der Waals surface area contributed by atoms with Gasteiger partial charge in [0.25, 0.3) is 0 Å². The maximum atomic E-state index is 12.0. The fourth-order valence-electron chi connectivity index (χ4n) is 1.86. The Morgan fingerprint density at radius 1 is 1.48 bits per heavy atom. The molecular formula is C14H19Cl3N2OS. The standard InChI is InChI=1S/C14H18Cl2N2OS.ClH/c1-8(14(19)18-7-12(17)9-2-3-9)20-13-6-10(15)4-5-11(13)16;/h4-6,8-9,12H,2-3,7,17H2,1H3,(H,18,19);1H. The van der Waals surface area contributed by atoms with Crippen LogP contribution in [-0.4, -0.2) is 23.7 Å². The highest BCUT2D eigenvalue weighted by atomic mass is 35.5. The van der Waals surface area contributed by atoms with Gasteiger partial charge in [0, 0.05) is 22.5 Å². The normalized spacial score (nSPS) is 16.8. The number of nitrogens with one attached hydrogen (secondary N) is 1. The number of rotatable bonds is 6. The number of carbonyl (C=O) groups excluding carboxylic acids is 1. The lowest BCUT2D eigenvalue weighted by Gasteiger charge is -2.15. The monoisotopic (exact) mass is 368 g/mol. The Morgan fingerprint density at radius 2 is 2.14 bits per heavy atom. The number of carbonyl (C=O) groups is 1. The third-order valence-electron chi connectivity index (χ3n) is 3.31. The van der Waals surface area contributed by atoms with Gasteiger partial charge in [-0.1, -0.05) is 23.2 Å². The quantitative estimate of drug-likeness (QED) is 0.751. The third-order valence-corrected chi connectivity index (χ3v) is 5.14. The molecule has 7 heteroatoms. The molecule has 1 amide bonds. The van der Waals surface area contributed by atoms with Crippen LogP contribution in [-0.2, 0) is 4.79 Å². The summed E-state index contributed by atoms with van der Waals surface area (Å²) in [5, 5.41) is 3.88. The Labute approximate surface area is 145 Å². The SMILES string of the molecule is CC(Sc1cc(Cl)ccc1Cl)C(=O)NCC(N)C1CC1.Cl. The first-order valence-electron chi connectivity index (χ1n) is 6.62. The Kier molecular flexibility index (Phi) is 7.65. The summed E-state index contributed by atoms with van der Waals surface area (Å²) < 4.78 is 0. The molecular weight excluding hydrogens is 351 g/mol. The zero-order chi connectivity index (χ0) is 14.7. The van der Waals surface area contributed by atoms with Gasteiger partial charge in [-0.15, -0.1) is 24.2 Å². The molecule has 0 bridgehead atoms. The maximum Gasteiger partial charge on any atom is 0.233 e. The van der Waals surface area contributed by atoms with Crippen molar-refractivity contribution in [2.24, 2.45) is 11.7 Å². The molecule has 3 N–H and O–H groups in total. The van der Waals surface area contributed by atoms with Crippen molar-refractivity contribution in [3.8, 4) is 0 Å². The largest absolute Gasteiger partial charge is 0.354 e. The van der Waals surface area contributed by atoms with Crippen LogP contribution in [0.15, 0.2) is 23.1 Å². The number of hydrogen-bond donors (Lipinski definition) is 2. The summed E-state index contributed by atoms with van der Waals surface area (Å²) in [6, 6.07) is 5.31. The van der Waals surface area contributed by atoms with Gasteiger partial charge >= 0.3 is 0 Å². The van der Waals surface area contributed by atoms with Crippen molar-refractivity contribution in [2.75, 3.05) is 6.54 Å². The van der Waals surface area contributed by atoms with E-state index in [4.69, 9.17) is 28.9 Å². The van der Waals surface area contributed by atoms with Crippen LogP contribution in [0.4, 0.5) is 0 Å². The van der Waals surface area contributed by atoms with E-state index in [2.05, 4.69) is 5.32 Å². The maximum absolute atomic E-state index is 12.0. The van der Waals surface area contributed by atoms with E-state index in [0.717, 1.165) is 4.90 Å². The lowest BCUT2D eigenvalue weighted by Crippen LogP contribution is -2.41. The molecule has 0 heterocycles. The first-order chi connectivity index (χ1) is 9.47. The summed E-state index contributed by atoms with van der Waals surface area (Å²) in [7, 11) is 0. The summed E-state index contributed by atoms with van der Waals surface area (Å²) in [5.41, 5.74) is 5.96. The molecule has 0 saturated heterocycles. The second kappa shape index (κ2) is 8.49. The predicted molar refractivity (Wildman–Crippen MR) is 92.7 cm³/mol. The minimum absolute atomic E-state index is 0. The smallest absolute Gasteiger partial charge is 0.233 e. The Morgan fingerprint density at radius 3 is 2.76 bits per heavy atom. The summed E-state index contributed by atoms with van der Waals surface area (Å²) in [5.74, 6) is 0.558. The third kappa shape index (κ3) is 5.87. The number of benzene rings is 1. The van der Waals surface area contributed by atoms with Gasteiger partial charge in [-0.2, -0.15) is 0 Å². The fraction of sp³-hybridized carbons (Fsp3) is 0.500. The molecule has 2 unspecified atom stereocenters. The molecule has 1 aliphatic rings. The molecule has 1 aromatic carbocycles. The van der Waals surface area contributed by atoms with E-state index in [9.17, 15) is 4.79 Å². The molecule has 21 heavy (non-hydrogen) atoms. The van der Waals surface area contributed by atoms with Crippen LogP contribution in [0.1, 0.15) is 19.8 Å². The molecule has 2 atom stereocenters. The van der Waals surface area contributed by atoms with Crippen molar-refractivity contribution >= 4 is 53.3 Å². The zero-order valence-corrected chi connectivity index (χ0v) is 14.8. The van der Waals surface area contributed by atoms with Gasteiger partial charge in [0.2, 0.25) is 5.91 Å². The van der Waals surface area contributed by atoms with E-state index >= 15 is 0 Å². The summed E-state index contributed by atoms with van der Waals surface area (Å²) in [6.45, 7) is 2.39. The minimum atomic E-state index is -0.239. The number of thioether (sulfide) groups is 1. The van der Waals surface area contributed by atoms with Crippen molar-refractivity contribution in [1.82, 2.24) is 5.32 Å². The van der Waals surface area contributed by atoms with E-state index in [1.807, 2.05) is 6.92 Å². The average Bonchev–Trinajstić information content (AvgIpc) is 3.24. The first kappa shape index (κ1) is 18.9. The molecule has 1 aromatic rings. The van der Waals surface area contributed by atoms with E-state index in [-0.39, 0.29) is 29.6 Å². The molecule has 1 saturated carbocycles. The van der Waals surface area contributed by atoms with Crippen molar-refractivity contribution < 1.29 is 4.79 Å². The van der Waals surface area contributed by atoms with Gasteiger partial charge < -0.3 is 11.1 Å². The van der Waals surface area contributed by atoms with Gasteiger partial charge in [-0.3, -0.25) is 4.79 Å². The van der Waals surface area contributed by atoms with Crippen molar-refractivity contribution in [2.45, 2.75) is 36.0 Å². The van der Waals surface area contributed by atoms with Crippen LogP contribution in [0.2, 0.25) is 10.0 Å². The van der Waals surface area contributed by atoms with E-state index < -0.39 is 0 Å². The van der Waals surface area contributed by atoms with Gasteiger partial charge in [0.15, 0.2) is 0 Å².